The van der Waals surface area contributed by atoms with E-state index in [9.17, 15) is 4.39 Å². The van der Waals surface area contributed by atoms with Gasteiger partial charge in [0.25, 0.3) is 0 Å². The number of rotatable bonds is 2. The second-order valence-corrected chi connectivity index (χ2v) is 4.47. The number of benzene rings is 2. The third-order valence-electron chi connectivity index (χ3n) is 3.16. The summed E-state index contributed by atoms with van der Waals surface area (Å²) in [6.07, 6.45) is 0. The summed E-state index contributed by atoms with van der Waals surface area (Å²) < 4.78 is 18.7. The number of pyridine rings is 1. The third-order valence-corrected chi connectivity index (χ3v) is 3.16. The van der Waals surface area contributed by atoms with Crippen LogP contribution in [0.3, 0.4) is 0 Å². The van der Waals surface area contributed by atoms with E-state index < -0.39 is 5.82 Å². The van der Waals surface area contributed by atoms with Gasteiger partial charge in [-0.3, -0.25) is 0 Å². The Labute approximate surface area is 115 Å². The van der Waals surface area contributed by atoms with Crippen molar-refractivity contribution in [3.05, 3.63) is 54.3 Å². The number of hydrogen-bond acceptors (Lipinski definition) is 3. The molecular weight excluding hydrogens is 255 g/mol. The van der Waals surface area contributed by atoms with E-state index in [2.05, 4.69) is 4.98 Å². The topological polar surface area (TPSA) is 48.1 Å². The zero-order valence-corrected chi connectivity index (χ0v) is 10.9. The number of aromatic nitrogens is 1. The molecule has 3 rings (SSSR count). The lowest BCUT2D eigenvalue weighted by molar-refractivity contribution is 0.415. The Balaban J connectivity index is 2.31. The Morgan fingerprint density at radius 3 is 2.55 bits per heavy atom. The molecule has 1 aromatic heterocycles. The summed E-state index contributed by atoms with van der Waals surface area (Å²) in [7, 11) is 1.49. The lowest BCUT2D eigenvalue weighted by atomic mass is 10.1. The summed E-state index contributed by atoms with van der Waals surface area (Å²) in [6, 6.07) is 14.1. The lowest BCUT2D eigenvalue weighted by Crippen LogP contribution is -1.96. The molecule has 0 atom stereocenters. The van der Waals surface area contributed by atoms with Crippen LogP contribution in [-0.4, -0.2) is 12.1 Å². The Kier molecular flexibility index (Phi) is 2.99. The molecule has 3 nitrogen and oxygen atoms in total. The predicted octanol–water partition coefficient (Wildman–Crippen LogP) is 3.63. The van der Waals surface area contributed by atoms with E-state index in [4.69, 9.17) is 10.5 Å². The van der Waals surface area contributed by atoms with Crippen molar-refractivity contribution in [1.29, 1.82) is 0 Å². The van der Waals surface area contributed by atoms with Crippen molar-refractivity contribution in [3.63, 3.8) is 0 Å². The Morgan fingerprint density at radius 2 is 1.85 bits per heavy atom. The number of halogens is 1. The Hall–Kier alpha value is -2.62. The highest BCUT2D eigenvalue weighted by molar-refractivity contribution is 5.96. The van der Waals surface area contributed by atoms with Crippen LogP contribution in [0.5, 0.6) is 5.75 Å². The maximum Gasteiger partial charge on any atom is 0.148 e. The molecule has 0 amide bonds. The van der Waals surface area contributed by atoms with Crippen LogP contribution in [0.1, 0.15) is 0 Å². The van der Waals surface area contributed by atoms with Crippen LogP contribution < -0.4 is 10.5 Å². The molecule has 2 aromatic carbocycles. The van der Waals surface area contributed by atoms with Gasteiger partial charge in [0.05, 0.1) is 12.8 Å². The number of nitrogen functional groups attached to an aromatic ring is 1. The van der Waals surface area contributed by atoms with Crippen molar-refractivity contribution in [3.8, 4) is 17.0 Å². The molecule has 100 valence electrons. The number of nitrogens with zero attached hydrogens (tertiary/aromatic N) is 1. The second-order valence-electron chi connectivity index (χ2n) is 4.47. The second kappa shape index (κ2) is 4.81. The number of fused-ring (bicyclic) bond motifs is 1. The molecule has 20 heavy (non-hydrogen) atoms. The highest BCUT2D eigenvalue weighted by atomic mass is 19.1. The van der Waals surface area contributed by atoms with Gasteiger partial charge in [-0.05, 0) is 12.1 Å². The Bertz CT molecular complexity index is 772. The van der Waals surface area contributed by atoms with Crippen LogP contribution in [0, 0.1) is 5.82 Å². The normalized spacial score (nSPS) is 10.7. The molecule has 4 heteroatoms. The van der Waals surface area contributed by atoms with E-state index in [0.29, 0.717) is 22.3 Å². The predicted molar refractivity (Wildman–Crippen MR) is 78.1 cm³/mol. The monoisotopic (exact) mass is 268 g/mol. The number of methoxy groups -OCH3 is 1. The first-order chi connectivity index (χ1) is 9.69. The zero-order valence-electron chi connectivity index (χ0n) is 10.9. The van der Waals surface area contributed by atoms with Crippen molar-refractivity contribution < 1.29 is 9.13 Å². The highest BCUT2D eigenvalue weighted by Gasteiger charge is 2.11. The number of nitrogens with two attached hydrogens (primary N) is 1. The molecule has 0 spiro atoms. The molecule has 0 aliphatic heterocycles. The van der Waals surface area contributed by atoms with Gasteiger partial charge < -0.3 is 10.5 Å². The van der Waals surface area contributed by atoms with Gasteiger partial charge in [0.1, 0.15) is 17.1 Å². The van der Waals surface area contributed by atoms with E-state index in [1.54, 1.807) is 6.07 Å². The van der Waals surface area contributed by atoms with E-state index in [-0.39, 0.29) is 0 Å². The van der Waals surface area contributed by atoms with Gasteiger partial charge in [0.15, 0.2) is 0 Å². The average molecular weight is 268 g/mol. The quantitative estimate of drug-likeness (QED) is 0.772. The summed E-state index contributed by atoms with van der Waals surface area (Å²) in [5.74, 6) is -0.0141. The lowest BCUT2D eigenvalue weighted by Gasteiger charge is -2.10. The van der Waals surface area contributed by atoms with Gasteiger partial charge in [-0.2, -0.15) is 0 Å². The minimum absolute atomic E-state index is 0.379. The van der Waals surface area contributed by atoms with Crippen LogP contribution in [0.25, 0.3) is 22.2 Å². The summed E-state index contributed by atoms with van der Waals surface area (Å²) >= 11 is 0. The van der Waals surface area contributed by atoms with Crippen molar-refractivity contribution in [2.24, 2.45) is 0 Å². The Morgan fingerprint density at radius 1 is 1.10 bits per heavy atom. The van der Waals surface area contributed by atoms with Gasteiger partial charge in [0.2, 0.25) is 0 Å². The van der Waals surface area contributed by atoms with Gasteiger partial charge >= 0.3 is 0 Å². The fraction of sp³-hybridized carbons (Fsp3) is 0.0625. The zero-order chi connectivity index (χ0) is 14.1. The summed E-state index contributed by atoms with van der Waals surface area (Å²) in [6.45, 7) is 0. The van der Waals surface area contributed by atoms with Crippen molar-refractivity contribution >= 4 is 16.6 Å². The molecule has 0 bridgehead atoms. The maximum absolute atomic E-state index is 13.5. The van der Waals surface area contributed by atoms with Crippen LogP contribution >= 0.6 is 0 Å². The van der Waals surface area contributed by atoms with Crippen molar-refractivity contribution in [1.82, 2.24) is 4.98 Å². The molecule has 0 aliphatic rings. The van der Waals surface area contributed by atoms with Crippen LogP contribution in [0.15, 0.2) is 48.5 Å². The molecule has 3 aromatic rings. The molecule has 0 aliphatic carbocycles. The summed E-state index contributed by atoms with van der Waals surface area (Å²) in [5, 5.41) is 0.557. The number of hydrogen-bond donors (Lipinski definition) is 1. The van der Waals surface area contributed by atoms with Gasteiger partial charge in [0, 0.05) is 22.7 Å². The molecule has 0 saturated heterocycles. The van der Waals surface area contributed by atoms with Crippen LogP contribution in [0.2, 0.25) is 0 Å². The molecule has 0 unspecified atom stereocenters. The first-order valence-corrected chi connectivity index (χ1v) is 6.18. The minimum Gasteiger partial charge on any atom is -0.494 e. The molecule has 0 fully saturated rings. The average Bonchev–Trinajstić information content (AvgIpc) is 2.48. The van der Waals surface area contributed by atoms with Gasteiger partial charge in [-0.1, -0.05) is 30.3 Å². The largest absolute Gasteiger partial charge is 0.494 e. The van der Waals surface area contributed by atoms with Gasteiger partial charge in [-0.25, -0.2) is 9.37 Å². The standard InChI is InChI=1S/C16H13FN2O/c1-20-15-8-11(17)7-12-13(18)9-14(19-16(12)15)10-5-3-2-4-6-10/h2-9H,1H3,(H2,18,19). The first kappa shape index (κ1) is 12.4. The summed E-state index contributed by atoms with van der Waals surface area (Å²) in [5.41, 5.74) is 8.75. The summed E-state index contributed by atoms with van der Waals surface area (Å²) in [4.78, 5) is 4.55. The van der Waals surface area contributed by atoms with E-state index >= 15 is 0 Å². The van der Waals surface area contributed by atoms with Crippen LogP contribution in [0.4, 0.5) is 10.1 Å². The number of ether oxygens (including phenoxy) is 1. The van der Waals surface area contributed by atoms with E-state index in [1.165, 1.54) is 19.2 Å². The minimum atomic E-state index is -0.393. The first-order valence-electron chi connectivity index (χ1n) is 6.18. The fourth-order valence-electron chi connectivity index (χ4n) is 2.20. The van der Waals surface area contributed by atoms with Crippen molar-refractivity contribution in [2.75, 3.05) is 12.8 Å². The van der Waals surface area contributed by atoms with E-state index in [1.807, 2.05) is 30.3 Å². The smallest absolute Gasteiger partial charge is 0.148 e. The van der Waals surface area contributed by atoms with Crippen molar-refractivity contribution in [2.45, 2.75) is 0 Å². The van der Waals surface area contributed by atoms with Gasteiger partial charge in [-0.15, -0.1) is 0 Å². The SMILES string of the molecule is COc1cc(F)cc2c(N)cc(-c3ccccc3)nc12. The van der Waals surface area contributed by atoms with E-state index in [0.717, 1.165) is 11.3 Å². The molecule has 0 radical (unpaired) electrons. The highest BCUT2D eigenvalue weighted by Crippen LogP contribution is 2.32. The molecule has 0 saturated carbocycles. The maximum atomic E-state index is 13.5. The molecule has 2 N–H and O–H groups in total. The molecular formula is C16H13FN2O. The third kappa shape index (κ3) is 2.05. The number of anilines is 1. The van der Waals surface area contributed by atoms with Crippen LogP contribution in [-0.2, 0) is 0 Å². The fourth-order valence-corrected chi connectivity index (χ4v) is 2.20. The molecule has 1 heterocycles.